The Bertz CT molecular complexity index is 339. The van der Waals surface area contributed by atoms with Gasteiger partial charge in [0, 0.05) is 6.07 Å². The van der Waals surface area contributed by atoms with Crippen molar-refractivity contribution in [1.82, 2.24) is 15.1 Å². The third kappa shape index (κ3) is 5.19. The fraction of sp³-hybridized carbons (Fsp3) is 0.636. The van der Waals surface area contributed by atoms with Crippen molar-refractivity contribution >= 4 is 23.1 Å². The van der Waals surface area contributed by atoms with Crippen LogP contribution in [-0.4, -0.2) is 34.7 Å². The molecule has 0 spiro atoms. The highest BCUT2D eigenvalue weighted by atomic mass is 35.5. The van der Waals surface area contributed by atoms with E-state index < -0.39 is 0 Å². The Balaban J connectivity index is 0.000000171. The van der Waals surface area contributed by atoms with Crippen LogP contribution in [0.4, 0.5) is 11.5 Å². The second-order valence-electron chi connectivity index (χ2n) is 4.00. The summed E-state index contributed by atoms with van der Waals surface area (Å²) < 4.78 is 0. The van der Waals surface area contributed by atoms with E-state index in [0.29, 0.717) is 5.69 Å². The average molecular weight is 258 g/mol. The van der Waals surface area contributed by atoms with E-state index in [4.69, 9.17) is 23.1 Å². The first-order valence-corrected chi connectivity index (χ1v) is 6.27. The normalized spacial score (nSPS) is 16.1. The third-order valence-corrected chi connectivity index (χ3v) is 2.90. The zero-order valence-corrected chi connectivity index (χ0v) is 11.0. The van der Waals surface area contributed by atoms with E-state index in [1.807, 2.05) is 0 Å². The summed E-state index contributed by atoms with van der Waals surface area (Å²) in [7, 11) is 0. The van der Waals surface area contributed by atoms with Gasteiger partial charge in [-0.1, -0.05) is 24.9 Å². The van der Waals surface area contributed by atoms with E-state index in [1.54, 1.807) is 0 Å². The van der Waals surface area contributed by atoms with Crippen LogP contribution in [-0.2, 0) is 0 Å². The summed E-state index contributed by atoms with van der Waals surface area (Å²) >= 11 is 5.41. The lowest BCUT2D eigenvalue weighted by molar-refractivity contribution is 0.240. The monoisotopic (exact) mass is 257 g/mol. The van der Waals surface area contributed by atoms with Gasteiger partial charge in [-0.25, -0.2) is 0 Å². The van der Waals surface area contributed by atoms with Crippen molar-refractivity contribution in [3.63, 3.8) is 0 Å². The number of piperidine rings is 1. The smallest absolute Gasteiger partial charge is 0.169 e. The second kappa shape index (κ2) is 7.29. The first-order valence-electron chi connectivity index (χ1n) is 5.90. The first kappa shape index (κ1) is 14.0. The molecule has 2 rings (SSSR count). The minimum atomic E-state index is 0.208. The molecule has 0 atom stereocenters. The molecule has 1 fully saturated rings. The average Bonchev–Trinajstić information content (AvgIpc) is 2.36. The third-order valence-electron chi connectivity index (χ3n) is 2.72. The molecule has 1 aliphatic rings. The molecule has 2 heterocycles. The molecule has 0 aliphatic carbocycles. The number of halogens is 1. The van der Waals surface area contributed by atoms with Crippen LogP contribution in [0.25, 0.3) is 0 Å². The maximum Gasteiger partial charge on any atom is 0.169 e. The Morgan fingerprint density at radius 2 is 1.88 bits per heavy atom. The van der Waals surface area contributed by atoms with Gasteiger partial charge in [-0.05, 0) is 32.5 Å². The van der Waals surface area contributed by atoms with Crippen molar-refractivity contribution in [1.29, 1.82) is 0 Å². The van der Waals surface area contributed by atoms with Crippen LogP contribution in [0.15, 0.2) is 6.07 Å². The van der Waals surface area contributed by atoms with Crippen LogP contribution < -0.4 is 11.5 Å². The van der Waals surface area contributed by atoms with E-state index in [0.717, 1.165) is 0 Å². The van der Waals surface area contributed by atoms with Crippen LogP contribution in [0, 0.1) is 0 Å². The maximum absolute atomic E-state index is 5.41. The molecule has 0 radical (unpaired) electrons. The van der Waals surface area contributed by atoms with Gasteiger partial charge in [0.25, 0.3) is 0 Å². The highest BCUT2D eigenvalue weighted by Crippen LogP contribution is 2.12. The number of hydrogen-bond acceptors (Lipinski definition) is 5. The number of hydrogen-bond donors (Lipinski definition) is 2. The van der Waals surface area contributed by atoms with E-state index in [9.17, 15) is 0 Å². The summed E-state index contributed by atoms with van der Waals surface area (Å²) in [5.41, 5.74) is 10.9. The molecule has 6 heteroatoms. The molecule has 1 aromatic rings. The van der Waals surface area contributed by atoms with Gasteiger partial charge < -0.3 is 16.4 Å². The van der Waals surface area contributed by atoms with E-state index in [1.165, 1.54) is 45.0 Å². The molecular formula is C11H20ClN5. The summed E-state index contributed by atoms with van der Waals surface area (Å²) in [4.78, 5) is 2.52. The van der Waals surface area contributed by atoms with Gasteiger partial charge in [-0.3, -0.25) is 0 Å². The van der Waals surface area contributed by atoms with Crippen LogP contribution in [0.2, 0.25) is 5.15 Å². The molecule has 0 unspecified atom stereocenters. The summed E-state index contributed by atoms with van der Waals surface area (Å²) in [5, 5.41) is 7.15. The van der Waals surface area contributed by atoms with Gasteiger partial charge in [-0.2, -0.15) is 0 Å². The van der Waals surface area contributed by atoms with Gasteiger partial charge in [-0.15, -0.1) is 10.2 Å². The topological polar surface area (TPSA) is 81.1 Å². The predicted octanol–water partition coefficient (Wildman–Crippen LogP) is 1.79. The summed E-state index contributed by atoms with van der Waals surface area (Å²) in [5.74, 6) is 0.208. The van der Waals surface area contributed by atoms with Gasteiger partial charge >= 0.3 is 0 Å². The van der Waals surface area contributed by atoms with Crippen molar-refractivity contribution in [2.24, 2.45) is 0 Å². The number of nitrogens with zero attached hydrogens (tertiary/aromatic N) is 3. The number of nitrogen functional groups attached to an aromatic ring is 2. The Morgan fingerprint density at radius 1 is 1.24 bits per heavy atom. The molecule has 0 saturated carbocycles. The molecule has 17 heavy (non-hydrogen) atoms. The van der Waals surface area contributed by atoms with Crippen molar-refractivity contribution in [3.05, 3.63) is 11.2 Å². The van der Waals surface area contributed by atoms with Crippen LogP contribution in [0.1, 0.15) is 26.2 Å². The van der Waals surface area contributed by atoms with E-state index in [2.05, 4.69) is 22.0 Å². The van der Waals surface area contributed by atoms with Gasteiger partial charge in [0.15, 0.2) is 11.0 Å². The minimum absolute atomic E-state index is 0.208. The van der Waals surface area contributed by atoms with Crippen molar-refractivity contribution in [2.45, 2.75) is 26.2 Å². The summed E-state index contributed by atoms with van der Waals surface area (Å²) in [6, 6.07) is 1.45. The molecule has 0 amide bonds. The van der Waals surface area contributed by atoms with E-state index >= 15 is 0 Å². The molecular weight excluding hydrogens is 238 g/mol. The molecule has 1 aromatic heterocycles. The Labute approximate surface area is 107 Å². The van der Waals surface area contributed by atoms with Crippen LogP contribution >= 0.6 is 11.6 Å². The number of rotatable bonds is 1. The molecule has 96 valence electrons. The molecule has 4 N–H and O–H groups in total. The molecule has 5 nitrogen and oxygen atoms in total. The maximum atomic E-state index is 5.41. The van der Waals surface area contributed by atoms with Crippen molar-refractivity contribution in [3.8, 4) is 0 Å². The Hall–Kier alpha value is -1.07. The van der Waals surface area contributed by atoms with E-state index in [-0.39, 0.29) is 11.0 Å². The summed E-state index contributed by atoms with van der Waals surface area (Å²) in [6.07, 6.45) is 4.30. The fourth-order valence-electron chi connectivity index (χ4n) is 1.67. The van der Waals surface area contributed by atoms with Gasteiger partial charge in [0.05, 0.1) is 5.69 Å². The number of likely N-dealkylation sites (tertiary alicyclic amines) is 1. The number of aromatic nitrogens is 2. The predicted molar refractivity (Wildman–Crippen MR) is 71.8 cm³/mol. The molecule has 1 aliphatic heterocycles. The highest BCUT2D eigenvalue weighted by Gasteiger charge is 2.05. The zero-order valence-electron chi connectivity index (χ0n) is 10.2. The number of anilines is 2. The first-order chi connectivity index (χ1) is 8.13. The molecule has 0 aromatic carbocycles. The van der Waals surface area contributed by atoms with Crippen LogP contribution in [0.5, 0.6) is 0 Å². The quantitative estimate of drug-likeness (QED) is 0.802. The SMILES string of the molecule is CCN1CCCCC1.Nc1cc(Cl)nnc1N. The zero-order chi connectivity index (χ0) is 12.7. The lowest BCUT2D eigenvalue weighted by Gasteiger charge is -2.24. The standard InChI is InChI=1S/C7H15N.C4H5ClN4/c1-2-8-6-4-3-5-7-8;5-3-1-2(6)4(7)9-8-3/h2-7H2,1H3;1H,(H2,6,8)(H2,7,9). The fourth-order valence-corrected chi connectivity index (χ4v) is 1.82. The lowest BCUT2D eigenvalue weighted by atomic mass is 10.1. The summed E-state index contributed by atoms with van der Waals surface area (Å²) in [6.45, 7) is 6.18. The Morgan fingerprint density at radius 3 is 2.29 bits per heavy atom. The van der Waals surface area contributed by atoms with Crippen molar-refractivity contribution in [2.75, 3.05) is 31.1 Å². The molecule has 0 bridgehead atoms. The molecule has 1 saturated heterocycles. The second-order valence-corrected chi connectivity index (χ2v) is 4.39. The van der Waals surface area contributed by atoms with Gasteiger partial charge in [0.1, 0.15) is 0 Å². The lowest BCUT2D eigenvalue weighted by Crippen LogP contribution is -2.29. The van der Waals surface area contributed by atoms with Crippen LogP contribution in [0.3, 0.4) is 0 Å². The number of nitrogens with two attached hydrogens (primary N) is 2. The Kier molecular flexibility index (Phi) is 6.00. The largest absolute Gasteiger partial charge is 0.396 e. The van der Waals surface area contributed by atoms with Gasteiger partial charge in [0.2, 0.25) is 0 Å². The highest BCUT2D eigenvalue weighted by molar-refractivity contribution is 6.29. The minimum Gasteiger partial charge on any atom is -0.396 e. The van der Waals surface area contributed by atoms with Crippen molar-refractivity contribution < 1.29 is 0 Å².